The van der Waals surface area contributed by atoms with Crippen molar-refractivity contribution in [3.8, 4) is 16.9 Å². The predicted molar refractivity (Wildman–Crippen MR) is 102 cm³/mol. The Balaban J connectivity index is 1.70. The van der Waals surface area contributed by atoms with Gasteiger partial charge in [-0.25, -0.2) is 4.98 Å². The van der Waals surface area contributed by atoms with E-state index in [1.54, 1.807) is 13.3 Å². The van der Waals surface area contributed by atoms with Crippen molar-refractivity contribution in [1.29, 1.82) is 0 Å². The van der Waals surface area contributed by atoms with Crippen molar-refractivity contribution >= 4 is 22.4 Å². The van der Waals surface area contributed by atoms with Crippen molar-refractivity contribution in [3.63, 3.8) is 0 Å². The van der Waals surface area contributed by atoms with Gasteiger partial charge in [0, 0.05) is 41.0 Å². The number of benzene rings is 1. The van der Waals surface area contributed by atoms with E-state index in [1.165, 1.54) is 16.2 Å². The molecule has 1 amide bonds. The minimum absolute atomic E-state index is 0.223. The van der Waals surface area contributed by atoms with E-state index in [0.717, 1.165) is 35.6 Å². The second kappa shape index (κ2) is 6.86. The van der Waals surface area contributed by atoms with Crippen LogP contribution in [-0.2, 0) is 13.1 Å². The van der Waals surface area contributed by atoms with Gasteiger partial charge in [-0.15, -0.1) is 11.3 Å². The molecular weight excluding hydrogens is 348 g/mol. The Morgan fingerprint density at radius 3 is 2.92 bits per heavy atom. The van der Waals surface area contributed by atoms with Gasteiger partial charge >= 0.3 is 0 Å². The number of aryl methyl sites for hydroxylation is 1. The van der Waals surface area contributed by atoms with E-state index in [2.05, 4.69) is 20.6 Å². The lowest BCUT2D eigenvalue weighted by molar-refractivity contribution is 0.102. The van der Waals surface area contributed by atoms with Crippen molar-refractivity contribution < 1.29 is 9.53 Å². The summed E-state index contributed by atoms with van der Waals surface area (Å²) in [5.41, 5.74) is 3.99. The maximum atomic E-state index is 12.9. The molecule has 2 aromatic heterocycles. The molecule has 0 saturated heterocycles. The standard InChI is InChI=1S/C19H18N4O2S/c1-11-7-13(12-5-3-4-6-16(12)25-2)14(8-21-11)18(24)23-19-22-15-9-20-10-17(15)26-19/h3-8,20H,9-10H2,1-2H3,(H,22,23,24). The van der Waals surface area contributed by atoms with Crippen molar-refractivity contribution in [3.05, 3.63) is 58.4 Å². The number of para-hydroxylation sites is 1. The van der Waals surface area contributed by atoms with Crippen LogP contribution < -0.4 is 15.4 Å². The number of fused-ring (bicyclic) bond motifs is 1. The number of amides is 1. The van der Waals surface area contributed by atoms with Crippen molar-refractivity contribution in [2.75, 3.05) is 12.4 Å². The maximum absolute atomic E-state index is 12.9. The monoisotopic (exact) mass is 366 g/mol. The zero-order valence-electron chi connectivity index (χ0n) is 14.5. The van der Waals surface area contributed by atoms with Crippen molar-refractivity contribution in [2.45, 2.75) is 20.0 Å². The number of anilines is 1. The number of rotatable bonds is 4. The molecule has 132 valence electrons. The molecule has 1 aliphatic rings. The summed E-state index contributed by atoms with van der Waals surface area (Å²) < 4.78 is 5.46. The van der Waals surface area contributed by atoms with Gasteiger partial charge in [-0.1, -0.05) is 18.2 Å². The summed E-state index contributed by atoms with van der Waals surface area (Å²) >= 11 is 1.51. The lowest BCUT2D eigenvalue weighted by Crippen LogP contribution is -2.14. The Hall–Kier alpha value is -2.77. The second-order valence-electron chi connectivity index (χ2n) is 6.02. The molecule has 0 fully saturated rings. The number of carbonyl (C=O) groups is 1. The van der Waals surface area contributed by atoms with Crippen LogP contribution in [0.15, 0.2) is 36.5 Å². The molecule has 0 aliphatic carbocycles. The fourth-order valence-corrected chi connectivity index (χ4v) is 3.95. The van der Waals surface area contributed by atoms with Gasteiger partial charge in [-0.05, 0) is 19.1 Å². The van der Waals surface area contributed by atoms with E-state index in [1.807, 2.05) is 37.3 Å². The molecule has 4 rings (SSSR count). The van der Waals surface area contributed by atoms with E-state index in [-0.39, 0.29) is 5.91 Å². The number of nitrogens with zero attached hydrogens (tertiary/aromatic N) is 2. The van der Waals surface area contributed by atoms with Crippen LogP contribution in [0.25, 0.3) is 11.1 Å². The average Bonchev–Trinajstić information content (AvgIpc) is 3.23. The van der Waals surface area contributed by atoms with E-state index < -0.39 is 0 Å². The van der Waals surface area contributed by atoms with E-state index in [0.29, 0.717) is 16.4 Å². The summed E-state index contributed by atoms with van der Waals surface area (Å²) in [5.74, 6) is 0.491. The van der Waals surface area contributed by atoms with Gasteiger partial charge in [-0.2, -0.15) is 0 Å². The number of hydrogen-bond acceptors (Lipinski definition) is 6. The quantitative estimate of drug-likeness (QED) is 0.740. The number of carbonyl (C=O) groups excluding carboxylic acids is 1. The smallest absolute Gasteiger partial charge is 0.259 e. The first-order valence-corrected chi connectivity index (χ1v) is 9.08. The van der Waals surface area contributed by atoms with Crippen LogP contribution in [0.4, 0.5) is 5.13 Å². The topological polar surface area (TPSA) is 76.1 Å². The molecule has 6 nitrogen and oxygen atoms in total. The largest absolute Gasteiger partial charge is 0.496 e. The molecule has 0 spiro atoms. The van der Waals surface area contributed by atoms with Crippen LogP contribution >= 0.6 is 11.3 Å². The molecule has 0 saturated carbocycles. The molecule has 3 heterocycles. The minimum atomic E-state index is -0.223. The van der Waals surface area contributed by atoms with Gasteiger partial charge in [0.2, 0.25) is 0 Å². The number of thiazole rings is 1. The van der Waals surface area contributed by atoms with Gasteiger partial charge in [0.05, 0.1) is 18.4 Å². The van der Waals surface area contributed by atoms with Crippen LogP contribution in [0.3, 0.4) is 0 Å². The highest BCUT2D eigenvalue weighted by atomic mass is 32.1. The molecule has 26 heavy (non-hydrogen) atoms. The highest BCUT2D eigenvalue weighted by Gasteiger charge is 2.20. The molecular formula is C19H18N4O2S. The Morgan fingerprint density at radius 1 is 1.27 bits per heavy atom. The first-order chi connectivity index (χ1) is 12.7. The Kier molecular flexibility index (Phi) is 4.40. The lowest BCUT2D eigenvalue weighted by Gasteiger charge is -2.13. The summed E-state index contributed by atoms with van der Waals surface area (Å²) in [7, 11) is 1.62. The number of hydrogen-bond donors (Lipinski definition) is 2. The third-order valence-electron chi connectivity index (χ3n) is 4.26. The molecule has 7 heteroatoms. The summed E-state index contributed by atoms with van der Waals surface area (Å²) in [6.07, 6.45) is 1.61. The molecule has 1 aromatic carbocycles. The van der Waals surface area contributed by atoms with Crippen molar-refractivity contribution in [1.82, 2.24) is 15.3 Å². The predicted octanol–water partition coefficient (Wildman–Crippen LogP) is 3.38. The number of nitrogens with one attached hydrogen (secondary N) is 2. The minimum Gasteiger partial charge on any atom is -0.496 e. The average molecular weight is 366 g/mol. The zero-order valence-corrected chi connectivity index (χ0v) is 15.3. The van der Waals surface area contributed by atoms with Crippen LogP contribution in [-0.4, -0.2) is 23.0 Å². The number of aromatic nitrogens is 2. The summed E-state index contributed by atoms with van der Waals surface area (Å²) in [6, 6.07) is 9.55. The molecule has 2 N–H and O–H groups in total. The Morgan fingerprint density at radius 2 is 2.12 bits per heavy atom. The molecule has 1 aliphatic heterocycles. The highest BCUT2D eigenvalue weighted by Crippen LogP contribution is 2.33. The highest BCUT2D eigenvalue weighted by molar-refractivity contribution is 7.15. The zero-order chi connectivity index (χ0) is 18.1. The number of ether oxygens (including phenoxy) is 1. The van der Waals surface area contributed by atoms with Gasteiger partial charge in [0.15, 0.2) is 5.13 Å². The first-order valence-electron chi connectivity index (χ1n) is 8.26. The van der Waals surface area contributed by atoms with Crippen LogP contribution in [0.2, 0.25) is 0 Å². The molecule has 0 radical (unpaired) electrons. The number of pyridine rings is 1. The molecule has 0 bridgehead atoms. The van der Waals surface area contributed by atoms with Gasteiger partial charge in [0.25, 0.3) is 5.91 Å². The first kappa shape index (κ1) is 16.7. The van der Waals surface area contributed by atoms with Crippen LogP contribution in [0.5, 0.6) is 5.75 Å². The third-order valence-corrected chi connectivity index (χ3v) is 5.27. The normalized spacial score (nSPS) is 12.7. The van der Waals surface area contributed by atoms with Crippen molar-refractivity contribution in [2.24, 2.45) is 0 Å². The van der Waals surface area contributed by atoms with Gasteiger partial charge in [0.1, 0.15) is 5.75 Å². The summed E-state index contributed by atoms with van der Waals surface area (Å²) in [4.78, 5) is 22.9. The van der Waals surface area contributed by atoms with E-state index in [4.69, 9.17) is 4.74 Å². The summed E-state index contributed by atoms with van der Waals surface area (Å²) in [5, 5.41) is 6.77. The van der Waals surface area contributed by atoms with E-state index >= 15 is 0 Å². The SMILES string of the molecule is COc1ccccc1-c1cc(C)ncc1C(=O)Nc1nc2c(s1)CNC2. The maximum Gasteiger partial charge on any atom is 0.259 e. The van der Waals surface area contributed by atoms with E-state index in [9.17, 15) is 4.79 Å². The third kappa shape index (κ3) is 3.07. The van der Waals surface area contributed by atoms with Crippen LogP contribution in [0.1, 0.15) is 26.6 Å². The van der Waals surface area contributed by atoms with Crippen LogP contribution in [0, 0.1) is 6.92 Å². The Labute approximate surface area is 155 Å². The summed E-state index contributed by atoms with van der Waals surface area (Å²) in [6.45, 7) is 3.46. The lowest BCUT2D eigenvalue weighted by atomic mass is 9.99. The molecule has 0 atom stereocenters. The van der Waals surface area contributed by atoms with Gasteiger partial charge < -0.3 is 10.1 Å². The Bertz CT molecular complexity index is 962. The van der Waals surface area contributed by atoms with Gasteiger partial charge in [-0.3, -0.25) is 15.1 Å². The number of methoxy groups -OCH3 is 1. The fraction of sp³-hybridized carbons (Fsp3) is 0.211. The molecule has 3 aromatic rings. The fourth-order valence-electron chi connectivity index (χ4n) is 3.00. The molecule has 0 unspecified atom stereocenters. The second-order valence-corrected chi connectivity index (χ2v) is 7.10.